The second-order valence-corrected chi connectivity index (χ2v) is 8.22. The van der Waals surface area contributed by atoms with Crippen molar-refractivity contribution >= 4 is 17.5 Å². The fourth-order valence-electron chi connectivity index (χ4n) is 4.26. The van der Waals surface area contributed by atoms with Crippen molar-refractivity contribution in [3.8, 4) is 0 Å². The van der Waals surface area contributed by atoms with Gasteiger partial charge in [-0.05, 0) is 49.3 Å². The molecule has 1 aliphatic heterocycles. The summed E-state index contributed by atoms with van der Waals surface area (Å²) in [5.41, 5.74) is 1.80. The van der Waals surface area contributed by atoms with Gasteiger partial charge >= 0.3 is 0 Å². The number of nitrogens with one attached hydrogen (secondary N) is 1. The average molecular weight is 387 g/mol. The first-order valence-corrected chi connectivity index (χ1v) is 10.9. The predicted molar refractivity (Wildman–Crippen MR) is 111 cm³/mol. The van der Waals surface area contributed by atoms with E-state index in [1.54, 1.807) is 0 Å². The molecule has 1 aliphatic carbocycles. The van der Waals surface area contributed by atoms with Gasteiger partial charge in [-0.15, -0.1) is 0 Å². The van der Waals surface area contributed by atoms with Gasteiger partial charge in [0.05, 0.1) is 19.6 Å². The maximum Gasteiger partial charge on any atom is 0.227 e. The Kier molecular flexibility index (Phi) is 7.90. The summed E-state index contributed by atoms with van der Waals surface area (Å²) in [6, 6.07) is 7.70. The molecular weight excluding hydrogens is 352 g/mol. The number of hydrogen-bond acceptors (Lipinski definition) is 3. The molecule has 0 bridgehead atoms. The van der Waals surface area contributed by atoms with Crippen molar-refractivity contribution in [3.05, 3.63) is 29.8 Å². The molecule has 1 aromatic carbocycles. The highest BCUT2D eigenvalue weighted by Gasteiger charge is 2.26. The summed E-state index contributed by atoms with van der Waals surface area (Å²) in [6.45, 7) is 4.83. The molecule has 2 aliphatic rings. The highest BCUT2D eigenvalue weighted by molar-refractivity contribution is 5.92. The fraction of sp³-hybridized carbons (Fsp3) is 0.652. The summed E-state index contributed by atoms with van der Waals surface area (Å²) in [4.78, 5) is 26.8. The SMILES string of the molecule is CCCCC1CCC(C(=O)Nc2ccc(CC(=O)N3CCOCC3)cc2)CC1. The van der Waals surface area contributed by atoms with E-state index in [0.29, 0.717) is 32.7 Å². The number of morpholine rings is 1. The van der Waals surface area contributed by atoms with E-state index in [-0.39, 0.29) is 17.7 Å². The lowest BCUT2D eigenvalue weighted by molar-refractivity contribution is -0.134. The fourth-order valence-corrected chi connectivity index (χ4v) is 4.26. The van der Waals surface area contributed by atoms with Gasteiger partial charge in [-0.2, -0.15) is 0 Å². The molecule has 0 spiro atoms. The number of carbonyl (C=O) groups excluding carboxylic acids is 2. The van der Waals surface area contributed by atoms with Gasteiger partial charge in [-0.25, -0.2) is 0 Å². The number of amides is 2. The van der Waals surface area contributed by atoms with Crippen LogP contribution in [-0.2, 0) is 20.7 Å². The van der Waals surface area contributed by atoms with Crippen molar-refractivity contribution in [1.82, 2.24) is 4.90 Å². The zero-order chi connectivity index (χ0) is 19.8. The molecule has 28 heavy (non-hydrogen) atoms. The minimum Gasteiger partial charge on any atom is -0.378 e. The van der Waals surface area contributed by atoms with Crippen molar-refractivity contribution in [2.24, 2.45) is 11.8 Å². The summed E-state index contributed by atoms with van der Waals surface area (Å²) in [5.74, 6) is 1.23. The molecule has 1 N–H and O–H groups in total. The smallest absolute Gasteiger partial charge is 0.227 e. The van der Waals surface area contributed by atoms with Crippen LogP contribution in [0.1, 0.15) is 57.4 Å². The first kappa shape index (κ1) is 20.8. The number of nitrogens with zero attached hydrogens (tertiary/aromatic N) is 1. The topological polar surface area (TPSA) is 58.6 Å². The molecule has 0 radical (unpaired) electrons. The first-order valence-electron chi connectivity index (χ1n) is 10.9. The number of benzene rings is 1. The largest absolute Gasteiger partial charge is 0.378 e. The van der Waals surface area contributed by atoms with E-state index in [4.69, 9.17) is 4.74 Å². The maximum absolute atomic E-state index is 12.6. The van der Waals surface area contributed by atoms with Gasteiger partial charge in [0, 0.05) is 24.7 Å². The summed E-state index contributed by atoms with van der Waals surface area (Å²) in [6.07, 6.45) is 8.65. The lowest BCUT2D eigenvalue weighted by Gasteiger charge is -2.27. The van der Waals surface area contributed by atoms with Crippen LogP contribution in [-0.4, -0.2) is 43.0 Å². The zero-order valence-electron chi connectivity index (χ0n) is 17.1. The molecule has 2 amide bonds. The van der Waals surface area contributed by atoms with Gasteiger partial charge in [0.15, 0.2) is 0 Å². The Morgan fingerprint density at radius 3 is 2.39 bits per heavy atom. The number of carbonyl (C=O) groups is 2. The quantitative estimate of drug-likeness (QED) is 0.770. The van der Waals surface area contributed by atoms with E-state index in [0.717, 1.165) is 30.0 Å². The maximum atomic E-state index is 12.6. The summed E-state index contributed by atoms with van der Waals surface area (Å²) >= 11 is 0. The minimum atomic E-state index is 0.139. The van der Waals surface area contributed by atoms with Crippen LogP contribution in [0.3, 0.4) is 0 Å². The second-order valence-electron chi connectivity index (χ2n) is 8.22. The van der Waals surface area contributed by atoms with Gasteiger partial charge in [-0.3, -0.25) is 9.59 Å². The molecular formula is C23H34N2O3. The third kappa shape index (κ3) is 6.06. The van der Waals surface area contributed by atoms with Crippen molar-refractivity contribution in [3.63, 3.8) is 0 Å². The van der Waals surface area contributed by atoms with Crippen LogP contribution in [0.15, 0.2) is 24.3 Å². The summed E-state index contributed by atoms with van der Waals surface area (Å²) in [7, 11) is 0. The third-order valence-electron chi connectivity index (χ3n) is 6.12. The van der Waals surface area contributed by atoms with Crippen LogP contribution in [0, 0.1) is 11.8 Å². The molecule has 1 saturated heterocycles. The Morgan fingerprint density at radius 2 is 1.75 bits per heavy atom. The van der Waals surface area contributed by atoms with E-state index in [2.05, 4.69) is 12.2 Å². The highest BCUT2D eigenvalue weighted by Crippen LogP contribution is 2.32. The van der Waals surface area contributed by atoms with Gasteiger partial charge in [-0.1, -0.05) is 38.3 Å². The normalized spacial score (nSPS) is 22.7. The molecule has 154 valence electrons. The first-order chi connectivity index (χ1) is 13.7. The molecule has 1 heterocycles. The number of rotatable bonds is 7. The van der Waals surface area contributed by atoms with Gasteiger partial charge in [0.25, 0.3) is 0 Å². The van der Waals surface area contributed by atoms with Crippen molar-refractivity contribution in [1.29, 1.82) is 0 Å². The number of unbranched alkanes of at least 4 members (excludes halogenated alkanes) is 1. The highest BCUT2D eigenvalue weighted by atomic mass is 16.5. The molecule has 0 atom stereocenters. The molecule has 0 unspecified atom stereocenters. The van der Waals surface area contributed by atoms with Crippen LogP contribution in [0.4, 0.5) is 5.69 Å². The molecule has 2 fully saturated rings. The molecule has 3 rings (SSSR count). The Labute approximate surface area is 168 Å². The van der Waals surface area contributed by atoms with Gasteiger partial charge < -0.3 is 15.0 Å². The summed E-state index contributed by atoms with van der Waals surface area (Å²) in [5, 5.41) is 3.06. The van der Waals surface area contributed by atoms with Crippen molar-refractivity contribution < 1.29 is 14.3 Å². The third-order valence-corrected chi connectivity index (χ3v) is 6.12. The Balaban J connectivity index is 1.43. The zero-order valence-corrected chi connectivity index (χ0v) is 17.1. The van der Waals surface area contributed by atoms with E-state index in [9.17, 15) is 9.59 Å². The number of ether oxygens (including phenoxy) is 1. The summed E-state index contributed by atoms with van der Waals surface area (Å²) < 4.78 is 5.29. The lowest BCUT2D eigenvalue weighted by atomic mass is 9.79. The number of hydrogen-bond donors (Lipinski definition) is 1. The molecule has 1 aromatic rings. The van der Waals surface area contributed by atoms with Crippen molar-refractivity contribution in [2.45, 2.75) is 58.3 Å². The van der Waals surface area contributed by atoms with Gasteiger partial charge in [0.1, 0.15) is 0 Å². The Bertz CT molecular complexity index is 630. The van der Waals surface area contributed by atoms with Crippen LogP contribution in [0.25, 0.3) is 0 Å². The van der Waals surface area contributed by atoms with Crippen LogP contribution in [0.2, 0.25) is 0 Å². The van der Waals surface area contributed by atoms with E-state index >= 15 is 0 Å². The second kappa shape index (κ2) is 10.6. The molecule has 0 aromatic heterocycles. The van der Waals surface area contributed by atoms with Gasteiger partial charge in [0.2, 0.25) is 11.8 Å². The standard InChI is InChI=1S/C23H34N2O3/c1-2-3-4-18-5-9-20(10-6-18)23(27)24-21-11-7-19(8-12-21)17-22(26)25-13-15-28-16-14-25/h7-8,11-12,18,20H,2-6,9-10,13-17H2,1H3,(H,24,27). The van der Waals surface area contributed by atoms with Crippen LogP contribution >= 0.6 is 0 Å². The van der Waals surface area contributed by atoms with E-state index < -0.39 is 0 Å². The van der Waals surface area contributed by atoms with Crippen LogP contribution < -0.4 is 5.32 Å². The average Bonchev–Trinajstić information content (AvgIpc) is 2.74. The lowest BCUT2D eigenvalue weighted by Crippen LogP contribution is -2.41. The minimum absolute atomic E-state index is 0.139. The Hall–Kier alpha value is -1.88. The van der Waals surface area contributed by atoms with E-state index in [1.807, 2.05) is 29.2 Å². The van der Waals surface area contributed by atoms with Crippen LogP contribution in [0.5, 0.6) is 0 Å². The number of anilines is 1. The monoisotopic (exact) mass is 386 g/mol. The van der Waals surface area contributed by atoms with E-state index in [1.165, 1.54) is 32.1 Å². The van der Waals surface area contributed by atoms with Crippen molar-refractivity contribution in [2.75, 3.05) is 31.6 Å². The molecule has 5 nitrogen and oxygen atoms in total. The predicted octanol–water partition coefficient (Wildman–Crippen LogP) is 4.02. The molecule has 1 saturated carbocycles. The molecule has 5 heteroatoms. The Morgan fingerprint density at radius 1 is 1.07 bits per heavy atom.